The van der Waals surface area contributed by atoms with Gasteiger partial charge in [0, 0.05) is 11.1 Å². The van der Waals surface area contributed by atoms with Gasteiger partial charge in [0.15, 0.2) is 5.43 Å². The van der Waals surface area contributed by atoms with Crippen LogP contribution in [0.3, 0.4) is 0 Å². The normalized spacial score (nSPS) is 11.6. The average molecular weight is 308 g/mol. The van der Waals surface area contributed by atoms with Gasteiger partial charge in [-0.25, -0.2) is 0 Å². The predicted molar refractivity (Wildman–Crippen MR) is 81.3 cm³/mol. The molecule has 0 saturated heterocycles. The Morgan fingerprint density at radius 1 is 1.33 bits per heavy atom. The van der Waals surface area contributed by atoms with Crippen molar-refractivity contribution in [1.82, 2.24) is 0 Å². The zero-order valence-electron chi connectivity index (χ0n) is 12.1. The topological polar surface area (TPSA) is 73.6 Å². The van der Waals surface area contributed by atoms with Gasteiger partial charge in [-0.3, -0.25) is 4.79 Å². The SMILES string of the molecule is C=CCc1c(OS(C)(=O)=O)ccc2c(=O)c(C)c(C)oc12. The van der Waals surface area contributed by atoms with E-state index in [-0.39, 0.29) is 11.2 Å². The van der Waals surface area contributed by atoms with Gasteiger partial charge in [-0.05, 0) is 32.4 Å². The van der Waals surface area contributed by atoms with Crippen molar-refractivity contribution in [3.63, 3.8) is 0 Å². The van der Waals surface area contributed by atoms with Gasteiger partial charge in [0.05, 0.1) is 11.6 Å². The summed E-state index contributed by atoms with van der Waals surface area (Å²) in [6.07, 6.45) is 2.89. The van der Waals surface area contributed by atoms with Gasteiger partial charge >= 0.3 is 10.1 Å². The number of fused-ring (bicyclic) bond motifs is 1. The van der Waals surface area contributed by atoms with Crippen molar-refractivity contribution in [3.05, 3.63) is 51.9 Å². The van der Waals surface area contributed by atoms with Crippen LogP contribution in [0.15, 0.2) is 34.0 Å². The first-order valence-electron chi connectivity index (χ1n) is 6.31. The van der Waals surface area contributed by atoms with Gasteiger partial charge < -0.3 is 8.60 Å². The van der Waals surface area contributed by atoms with Crippen molar-refractivity contribution in [2.75, 3.05) is 6.26 Å². The lowest BCUT2D eigenvalue weighted by atomic mass is 10.0. The van der Waals surface area contributed by atoms with Crippen LogP contribution in [0.4, 0.5) is 0 Å². The van der Waals surface area contributed by atoms with Gasteiger partial charge in [-0.15, -0.1) is 6.58 Å². The molecule has 1 heterocycles. The van der Waals surface area contributed by atoms with Crippen LogP contribution in [-0.4, -0.2) is 14.7 Å². The summed E-state index contributed by atoms with van der Waals surface area (Å²) >= 11 is 0. The van der Waals surface area contributed by atoms with Crippen molar-refractivity contribution in [2.24, 2.45) is 0 Å². The molecule has 21 heavy (non-hydrogen) atoms. The predicted octanol–water partition coefficient (Wildman–Crippen LogP) is 2.48. The van der Waals surface area contributed by atoms with E-state index < -0.39 is 10.1 Å². The Balaban J connectivity index is 2.85. The molecular formula is C15H16O5S. The monoisotopic (exact) mass is 308 g/mol. The largest absolute Gasteiger partial charge is 0.460 e. The highest BCUT2D eigenvalue weighted by atomic mass is 32.2. The Morgan fingerprint density at radius 3 is 2.57 bits per heavy atom. The molecule has 0 aliphatic heterocycles. The Kier molecular flexibility index (Phi) is 3.91. The van der Waals surface area contributed by atoms with Crippen LogP contribution in [0.5, 0.6) is 5.75 Å². The molecule has 6 heteroatoms. The number of aryl methyl sites for hydroxylation is 1. The molecule has 0 amide bonds. The van der Waals surface area contributed by atoms with E-state index in [9.17, 15) is 13.2 Å². The summed E-state index contributed by atoms with van der Waals surface area (Å²) < 4.78 is 33.3. The van der Waals surface area contributed by atoms with Crippen LogP contribution in [0, 0.1) is 13.8 Å². The number of hydrogen-bond donors (Lipinski definition) is 0. The minimum atomic E-state index is -3.67. The Hall–Kier alpha value is -2.08. The molecular weight excluding hydrogens is 292 g/mol. The minimum Gasteiger partial charge on any atom is -0.460 e. The molecule has 0 fully saturated rings. The minimum absolute atomic E-state index is 0.134. The van der Waals surface area contributed by atoms with E-state index in [0.29, 0.717) is 34.3 Å². The highest BCUT2D eigenvalue weighted by Crippen LogP contribution is 2.29. The first-order chi connectivity index (χ1) is 9.74. The highest BCUT2D eigenvalue weighted by Gasteiger charge is 2.17. The van der Waals surface area contributed by atoms with E-state index in [4.69, 9.17) is 8.60 Å². The summed E-state index contributed by atoms with van der Waals surface area (Å²) in [6, 6.07) is 2.98. The van der Waals surface area contributed by atoms with Crippen LogP contribution in [0.1, 0.15) is 16.9 Å². The molecule has 0 spiro atoms. The van der Waals surface area contributed by atoms with Crippen LogP contribution in [-0.2, 0) is 16.5 Å². The van der Waals surface area contributed by atoms with Crippen molar-refractivity contribution in [3.8, 4) is 5.75 Å². The van der Waals surface area contributed by atoms with Crippen molar-refractivity contribution in [2.45, 2.75) is 20.3 Å². The molecule has 1 aromatic heterocycles. The van der Waals surface area contributed by atoms with Crippen LogP contribution in [0.25, 0.3) is 11.0 Å². The number of allylic oxidation sites excluding steroid dienone is 1. The summed E-state index contributed by atoms with van der Waals surface area (Å²) in [4.78, 5) is 12.3. The van der Waals surface area contributed by atoms with Crippen molar-refractivity contribution < 1.29 is 17.0 Å². The maximum Gasteiger partial charge on any atom is 0.306 e. The lowest BCUT2D eigenvalue weighted by Gasteiger charge is -2.11. The second-order valence-electron chi connectivity index (χ2n) is 4.81. The summed E-state index contributed by atoms with van der Waals surface area (Å²) in [5, 5.41) is 0.399. The van der Waals surface area contributed by atoms with E-state index in [1.807, 2.05) is 0 Å². The van der Waals surface area contributed by atoms with Gasteiger partial charge in [-0.2, -0.15) is 8.42 Å². The molecule has 0 saturated carbocycles. The van der Waals surface area contributed by atoms with E-state index in [1.165, 1.54) is 12.1 Å². The summed E-state index contributed by atoms with van der Waals surface area (Å²) in [7, 11) is -3.67. The first kappa shape index (κ1) is 15.3. The summed E-state index contributed by atoms with van der Waals surface area (Å²) in [6.45, 7) is 7.02. The zero-order valence-corrected chi connectivity index (χ0v) is 12.9. The molecule has 0 aliphatic rings. The summed E-state index contributed by atoms with van der Waals surface area (Å²) in [5.41, 5.74) is 1.23. The van der Waals surface area contributed by atoms with Crippen molar-refractivity contribution >= 4 is 21.1 Å². The third kappa shape index (κ3) is 3.00. The molecule has 5 nitrogen and oxygen atoms in total. The lowest BCUT2D eigenvalue weighted by Crippen LogP contribution is -2.11. The fourth-order valence-electron chi connectivity index (χ4n) is 2.08. The standard InChI is InChI=1S/C15H16O5S/c1-5-6-11-13(20-21(4,17)18)8-7-12-14(16)9(2)10(3)19-15(11)12/h5,7-8H,1,6H2,2-4H3. The second kappa shape index (κ2) is 5.37. The molecule has 2 aromatic rings. The fraction of sp³-hybridized carbons (Fsp3) is 0.267. The molecule has 112 valence electrons. The molecule has 0 aliphatic carbocycles. The van der Waals surface area contributed by atoms with Gasteiger partial charge in [0.2, 0.25) is 0 Å². The van der Waals surface area contributed by atoms with Crippen molar-refractivity contribution in [1.29, 1.82) is 0 Å². The van der Waals surface area contributed by atoms with Gasteiger partial charge in [0.25, 0.3) is 0 Å². The van der Waals surface area contributed by atoms with Crippen LogP contribution in [0.2, 0.25) is 0 Å². The van der Waals surface area contributed by atoms with Gasteiger partial charge in [-0.1, -0.05) is 6.08 Å². The van der Waals surface area contributed by atoms with E-state index >= 15 is 0 Å². The second-order valence-corrected chi connectivity index (χ2v) is 6.39. The highest BCUT2D eigenvalue weighted by molar-refractivity contribution is 7.86. The number of hydrogen-bond acceptors (Lipinski definition) is 5. The van der Waals surface area contributed by atoms with Gasteiger partial charge in [0.1, 0.15) is 17.1 Å². The van der Waals surface area contributed by atoms with E-state index in [2.05, 4.69) is 6.58 Å². The maximum absolute atomic E-state index is 12.3. The van der Waals surface area contributed by atoms with E-state index in [0.717, 1.165) is 6.26 Å². The quantitative estimate of drug-likeness (QED) is 0.641. The summed E-state index contributed by atoms with van der Waals surface area (Å²) in [5.74, 6) is 0.644. The molecule has 0 unspecified atom stereocenters. The third-order valence-corrected chi connectivity index (χ3v) is 3.66. The fourth-order valence-corrected chi connectivity index (χ4v) is 2.56. The Bertz CT molecular complexity index is 875. The average Bonchev–Trinajstić information content (AvgIpc) is 2.38. The van der Waals surface area contributed by atoms with Crippen LogP contribution >= 0.6 is 0 Å². The Labute approximate surface area is 123 Å². The third-order valence-electron chi connectivity index (χ3n) is 3.18. The first-order valence-corrected chi connectivity index (χ1v) is 8.12. The smallest absolute Gasteiger partial charge is 0.306 e. The molecule has 1 aromatic carbocycles. The maximum atomic E-state index is 12.3. The molecule has 0 atom stereocenters. The lowest BCUT2D eigenvalue weighted by molar-refractivity contribution is 0.488. The molecule has 0 N–H and O–H groups in total. The zero-order chi connectivity index (χ0) is 15.8. The number of rotatable bonds is 4. The molecule has 0 radical (unpaired) electrons. The van der Waals surface area contributed by atoms with E-state index in [1.54, 1.807) is 19.9 Å². The Morgan fingerprint density at radius 2 is 2.00 bits per heavy atom. The van der Waals surface area contributed by atoms with Crippen LogP contribution < -0.4 is 9.61 Å². The molecule has 0 bridgehead atoms. The number of benzene rings is 1. The molecule has 2 rings (SSSR count).